The third-order valence-electron chi connectivity index (χ3n) is 4.63. The molecule has 6 heteroatoms. The van der Waals surface area contributed by atoms with Crippen molar-refractivity contribution in [2.75, 3.05) is 11.9 Å². The summed E-state index contributed by atoms with van der Waals surface area (Å²) in [6.45, 7) is 9.67. The van der Waals surface area contributed by atoms with Crippen molar-refractivity contribution >= 4 is 11.7 Å². The highest BCUT2D eigenvalue weighted by Crippen LogP contribution is 2.25. The zero-order valence-electron chi connectivity index (χ0n) is 15.5. The number of aryl methyl sites for hydroxylation is 2. The predicted octanol–water partition coefficient (Wildman–Crippen LogP) is 3.88. The van der Waals surface area contributed by atoms with Gasteiger partial charge >= 0.3 is 6.03 Å². The summed E-state index contributed by atoms with van der Waals surface area (Å²) in [4.78, 5) is 16.5. The lowest BCUT2D eigenvalue weighted by molar-refractivity contribution is 0.00827. The predicted molar refractivity (Wildman–Crippen MR) is 98.5 cm³/mol. The Hall–Kier alpha value is -2.34. The number of nitrogens with zero attached hydrogens (tertiary/aromatic N) is 1. The van der Waals surface area contributed by atoms with Gasteiger partial charge in [0.25, 0.3) is 0 Å². The maximum atomic E-state index is 12.2. The van der Waals surface area contributed by atoms with E-state index in [4.69, 9.17) is 4.42 Å². The maximum absolute atomic E-state index is 12.2. The second-order valence-electron chi connectivity index (χ2n) is 6.80. The van der Waals surface area contributed by atoms with Crippen LogP contribution in [0.5, 0.6) is 0 Å². The largest absolute Gasteiger partial charge is 0.444 e. The minimum Gasteiger partial charge on any atom is -0.444 e. The summed E-state index contributed by atoms with van der Waals surface area (Å²) in [5, 5.41) is 15.9. The number of aromatic nitrogens is 1. The average molecular weight is 345 g/mol. The SMILES string of the molecule is CCC(C)C(C)(O)CNC(=O)Nc1cc(-c2nc(C)co2)ccc1C. The zero-order chi connectivity index (χ0) is 18.6. The maximum Gasteiger partial charge on any atom is 0.319 e. The van der Waals surface area contributed by atoms with E-state index in [1.54, 1.807) is 13.2 Å². The summed E-state index contributed by atoms with van der Waals surface area (Å²) < 4.78 is 5.41. The number of amides is 2. The van der Waals surface area contributed by atoms with Crippen molar-refractivity contribution in [1.82, 2.24) is 10.3 Å². The standard InChI is InChI=1S/C19H27N3O3/c1-6-13(3)19(5,24)11-20-18(23)22-16-9-15(8-7-12(16)2)17-21-14(4)10-25-17/h7-10,13,24H,6,11H2,1-5H3,(H2,20,22,23). The van der Waals surface area contributed by atoms with E-state index >= 15 is 0 Å². The Kier molecular flexibility index (Phi) is 5.85. The Morgan fingerprint density at radius 3 is 2.72 bits per heavy atom. The second kappa shape index (κ2) is 7.70. The first-order valence-electron chi connectivity index (χ1n) is 8.53. The van der Waals surface area contributed by atoms with Gasteiger partial charge in [-0.2, -0.15) is 0 Å². The van der Waals surface area contributed by atoms with Gasteiger partial charge in [0.2, 0.25) is 5.89 Å². The number of carbonyl (C=O) groups excluding carboxylic acids is 1. The number of nitrogens with one attached hydrogen (secondary N) is 2. The van der Waals surface area contributed by atoms with Gasteiger partial charge in [0.1, 0.15) is 6.26 Å². The van der Waals surface area contributed by atoms with Crippen LogP contribution in [0.1, 0.15) is 38.4 Å². The quantitative estimate of drug-likeness (QED) is 0.741. The number of aliphatic hydroxyl groups is 1. The van der Waals surface area contributed by atoms with Crippen LogP contribution in [0.4, 0.5) is 10.5 Å². The van der Waals surface area contributed by atoms with E-state index in [9.17, 15) is 9.90 Å². The molecule has 0 saturated heterocycles. The van der Waals surface area contributed by atoms with E-state index < -0.39 is 5.60 Å². The van der Waals surface area contributed by atoms with Crippen molar-refractivity contribution < 1.29 is 14.3 Å². The summed E-state index contributed by atoms with van der Waals surface area (Å²) in [7, 11) is 0. The topological polar surface area (TPSA) is 87.4 Å². The minimum absolute atomic E-state index is 0.0890. The van der Waals surface area contributed by atoms with Crippen LogP contribution in [0.3, 0.4) is 0 Å². The van der Waals surface area contributed by atoms with Crippen LogP contribution in [0.15, 0.2) is 28.9 Å². The van der Waals surface area contributed by atoms with Gasteiger partial charge in [0, 0.05) is 17.8 Å². The molecule has 6 nitrogen and oxygen atoms in total. The zero-order valence-corrected chi connectivity index (χ0v) is 15.5. The van der Waals surface area contributed by atoms with E-state index in [0.29, 0.717) is 11.6 Å². The van der Waals surface area contributed by atoms with Crippen molar-refractivity contribution in [3.8, 4) is 11.5 Å². The summed E-state index contributed by atoms with van der Waals surface area (Å²) in [6, 6.07) is 5.27. The molecule has 2 atom stereocenters. The van der Waals surface area contributed by atoms with E-state index in [-0.39, 0.29) is 18.5 Å². The summed E-state index contributed by atoms with van der Waals surface area (Å²) >= 11 is 0. The molecule has 1 aromatic heterocycles. The first-order valence-corrected chi connectivity index (χ1v) is 8.53. The number of oxazole rings is 1. The molecule has 0 fully saturated rings. The molecule has 0 bridgehead atoms. The number of rotatable bonds is 6. The minimum atomic E-state index is -0.946. The molecule has 0 radical (unpaired) electrons. The summed E-state index contributed by atoms with van der Waals surface area (Å²) in [5.74, 6) is 0.604. The third kappa shape index (κ3) is 4.82. The van der Waals surface area contributed by atoms with Crippen LogP contribution in [-0.2, 0) is 0 Å². The third-order valence-corrected chi connectivity index (χ3v) is 4.63. The lowest BCUT2D eigenvalue weighted by atomic mass is 9.89. The first-order chi connectivity index (χ1) is 11.7. The molecule has 1 heterocycles. The molecule has 2 rings (SSSR count). The van der Waals surface area contributed by atoms with Gasteiger partial charge in [0.15, 0.2) is 0 Å². The van der Waals surface area contributed by atoms with Crippen LogP contribution in [-0.4, -0.2) is 28.3 Å². The van der Waals surface area contributed by atoms with Crippen LogP contribution in [0.2, 0.25) is 0 Å². The first kappa shape index (κ1) is 19.0. The molecule has 0 aliphatic rings. The number of anilines is 1. The van der Waals surface area contributed by atoms with Crippen molar-refractivity contribution in [2.45, 2.75) is 46.6 Å². The van der Waals surface area contributed by atoms with Crippen molar-refractivity contribution in [3.63, 3.8) is 0 Å². The Bertz CT molecular complexity index is 737. The van der Waals surface area contributed by atoms with Crippen LogP contribution in [0, 0.1) is 19.8 Å². The fourth-order valence-electron chi connectivity index (χ4n) is 2.42. The fourth-order valence-corrected chi connectivity index (χ4v) is 2.42. The molecule has 0 aliphatic heterocycles. The van der Waals surface area contributed by atoms with Gasteiger partial charge in [-0.1, -0.05) is 26.3 Å². The Morgan fingerprint density at radius 2 is 2.12 bits per heavy atom. The number of hydrogen-bond acceptors (Lipinski definition) is 4. The van der Waals surface area contributed by atoms with Gasteiger partial charge in [0.05, 0.1) is 11.3 Å². The van der Waals surface area contributed by atoms with Crippen LogP contribution < -0.4 is 10.6 Å². The average Bonchev–Trinajstić information content (AvgIpc) is 3.00. The number of hydrogen-bond donors (Lipinski definition) is 3. The van der Waals surface area contributed by atoms with Gasteiger partial charge in [-0.25, -0.2) is 9.78 Å². The molecule has 0 aliphatic carbocycles. The smallest absolute Gasteiger partial charge is 0.319 e. The lowest BCUT2D eigenvalue weighted by Gasteiger charge is -2.29. The molecule has 2 amide bonds. The highest BCUT2D eigenvalue weighted by Gasteiger charge is 2.27. The Balaban J connectivity index is 2.05. The second-order valence-corrected chi connectivity index (χ2v) is 6.80. The lowest BCUT2D eigenvalue weighted by Crippen LogP contribution is -2.46. The molecule has 0 spiro atoms. The molecule has 2 unspecified atom stereocenters. The van der Waals surface area contributed by atoms with E-state index in [1.807, 2.05) is 45.9 Å². The van der Waals surface area contributed by atoms with Crippen LogP contribution in [0.25, 0.3) is 11.5 Å². The van der Waals surface area contributed by atoms with Crippen molar-refractivity contribution in [1.29, 1.82) is 0 Å². The number of benzene rings is 1. The summed E-state index contributed by atoms with van der Waals surface area (Å²) in [6.07, 6.45) is 2.43. The molecule has 3 N–H and O–H groups in total. The molecule has 136 valence electrons. The van der Waals surface area contributed by atoms with E-state index in [2.05, 4.69) is 15.6 Å². The normalized spacial score (nSPS) is 14.6. The van der Waals surface area contributed by atoms with Crippen molar-refractivity contribution in [3.05, 3.63) is 35.7 Å². The summed E-state index contributed by atoms with van der Waals surface area (Å²) in [5.41, 5.74) is 2.25. The highest BCUT2D eigenvalue weighted by atomic mass is 16.3. The van der Waals surface area contributed by atoms with E-state index in [0.717, 1.165) is 23.2 Å². The van der Waals surface area contributed by atoms with Gasteiger partial charge in [-0.15, -0.1) is 0 Å². The monoisotopic (exact) mass is 345 g/mol. The number of carbonyl (C=O) groups is 1. The molecule has 1 aromatic carbocycles. The van der Waals surface area contributed by atoms with Crippen LogP contribution >= 0.6 is 0 Å². The molecule has 25 heavy (non-hydrogen) atoms. The Labute approximate surface area is 148 Å². The van der Waals surface area contributed by atoms with E-state index in [1.165, 1.54) is 0 Å². The van der Waals surface area contributed by atoms with Crippen molar-refractivity contribution in [2.24, 2.45) is 5.92 Å². The van der Waals surface area contributed by atoms with Gasteiger partial charge < -0.3 is 20.2 Å². The fraction of sp³-hybridized carbons (Fsp3) is 0.474. The van der Waals surface area contributed by atoms with Gasteiger partial charge in [-0.05, 0) is 44.4 Å². The molecule has 0 saturated carbocycles. The van der Waals surface area contributed by atoms with Gasteiger partial charge in [-0.3, -0.25) is 0 Å². The highest BCUT2D eigenvalue weighted by molar-refractivity contribution is 5.90. The number of urea groups is 1. The molecular formula is C19H27N3O3. The molecule has 2 aromatic rings. The Morgan fingerprint density at radius 1 is 1.40 bits per heavy atom. The molecular weight excluding hydrogens is 318 g/mol.